The van der Waals surface area contributed by atoms with E-state index in [1.54, 1.807) is 0 Å². The summed E-state index contributed by atoms with van der Waals surface area (Å²) < 4.78 is 2.32. The lowest BCUT2D eigenvalue weighted by molar-refractivity contribution is 0.732. The van der Waals surface area contributed by atoms with Crippen molar-refractivity contribution < 1.29 is 0 Å². The Morgan fingerprint density at radius 2 is 1.92 bits per heavy atom. The van der Waals surface area contributed by atoms with Gasteiger partial charge < -0.3 is 9.55 Å². The van der Waals surface area contributed by atoms with Crippen molar-refractivity contribution in [2.75, 3.05) is 6.26 Å². The third kappa shape index (κ3) is 3.29. The molecular formula is C22H23N3S. The van der Waals surface area contributed by atoms with Crippen LogP contribution in [-0.2, 0) is 13.0 Å². The van der Waals surface area contributed by atoms with Gasteiger partial charge in [0.1, 0.15) is 0 Å². The molecule has 132 valence electrons. The molecule has 0 spiro atoms. The van der Waals surface area contributed by atoms with Gasteiger partial charge >= 0.3 is 0 Å². The Hall–Kier alpha value is -2.46. The number of nitrogens with one attached hydrogen (secondary N) is 1. The fourth-order valence-corrected chi connectivity index (χ4v) is 3.75. The number of aromatic amines is 1. The smallest absolute Gasteiger partial charge is 0.0959 e. The van der Waals surface area contributed by atoms with E-state index in [-0.39, 0.29) is 0 Å². The van der Waals surface area contributed by atoms with Gasteiger partial charge in [-0.15, -0.1) is 0 Å². The minimum Gasteiger partial charge on any atom is -0.361 e. The van der Waals surface area contributed by atoms with Crippen LogP contribution in [-0.4, -0.2) is 26.0 Å². The number of imidazole rings is 1. The van der Waals surface area contributed by atoms with E-state index in [4.69, 9.17) is 4.98 Å². The summed E-state index contributed by atoms with van der Waals surface area (Å²) >= 11 is 1.90. The van der Waals surface area contributed by atoms with E-state index in [0.29, 0.717) is 5.25 Å². The monoisotopic (exact) mass is 361 g/mol. The molecule has 0 saturated carbocycles. The number of nitrogens with zero attached hydrogens (tertiary/aromatic N) is 2. The minimum absolute atomic E-state index is 0.552. The predicted octanol–water partition coefficient (Wildman–Crippen LogP) is 5.37. The SMILES string of the molecule is CS[C@H](C)Cc1c(-c2ccccc2)ncn1Cc1cccc2[nH]ccc12. The van der Waals surface area contributed by atoms with Gasteiger partial charge in [0.05, 0.1) is 12.0 Å². The van der Waals surface area contributed by atoms with E-state index in [0.717, 1.165) is 18.7 Å². The molecule has 4 rings (SSSR count). The van der Waals surface area contributed by atoms with E-state index in [1.807, 2.05) is 24.3 Å². The summed E-state index contributed by atoms with van der Waals surface area (Å²) in [6.07, 6.45) is 7.19. The standard InChI is InChI=1S/C22H23N3S/c1-16(26-2)13-21-22(17-7-4-3-5-8-17)24-15-25(21)14-18-9-6-10-20-19(18)11-12-23-20/h3-12,15-16,23H,13-14H2,1-2H3/t16-/m1/s1. The van der Waals surface area contributed by atoms with Crippen LogP contribution >= 0.6 is 11.8 Å². The number of fused-ring (bicyclic) bond motifs is 1. The van der Waals surface area contributed by atoms with E-state index >= 15 is 0 Å². The summed E-state index contributed by atoms with van der Waals surface area (Å²) in [5, 5.41) is 1.84. The summed E-state index contributed by atoms with van der Waals surface area (Å²) in [7, 11) is 0. The van der Waals surface area contributed by atoms with Gasteiger partial charge in [0.25, 0.3) is 0 Å². The molecule has 2 heterocycles. The summed E-state index contributed by atoms with van der Waals surface area (Å²) in [6.45, 7) is 3.12. The molecule has 3 nitrogen and oxygen atoms in total. The lowest BCUT2D eigenvalue weighted by Gasteiger charge is -2.14. The van der Waals surface area contributed by atoms with Gasteiger partial charge in [0, 0.05) is 46.6 Å². The van der Waals surface area contributed by atoms with Crippen molar-refractivity contribution in [2.24, 2.45) is 0 Å². The van der Waals surface area contributed by atoms with Crippen molar-refractivity contribution >= 4 is 22.7 Å². The highest BCUT2D eigenvalue weighted by molar-refractivity contribution is 7.99. The van der Waals surface area contributed by atoms with Crippen LogP contribution in [0.5, 0.6) is 0 Å². The second-order valence-electron chi connectivity index (χ2n) is 6.64. The highest BCUT2D eigenvalue weighted by Crippen LogP contribution is 2.27. The molecule has 0 fully saturated rings. The molecule has 4 aromatic rings. The van der Waals surface area contributed by atoms with Gasteiger partial charge in [-0.1, -0.05) is 49.4 Å². The lowest BCUT2D eigenvalue weighted by Crippen LogP contribution is -2.10. The highest BCUT2D eigenvalue weighted by Gasteiger charge is 2.16. The predicted molar refractivity (Wildman–Crippen MR) is 112 cm³/mol. The zero-order valence-corrected chi connectivity index (χ0v) is 16.0. The fraction of sp³-hybridized carbons (Fsp3) is 0.227. The Morgan fingerprint density at radius 3 is 2.73 bits per heavy atom. The normalized spacial score (nSPS) is 12.5. The maximum Gasteiger partial charge on any atom is 0.0959 e. The Morgan fingerprint density at radius 1 is 1.08 bits per heavy atom. The zero-order valence-electron chi connectivity index (χ0n) is 15.1. The summed E-state index contributed by atoms with van der Waals surface area (Å²) in [6, 6.07) is 19.1. The van der Waals surface area contributed by atoms with Crippen molar-refractivity contribution in [1.29, 1.82) is 0 Å². The third-order valence-corrected chi connectivity index (χ3v) is 5.87. The van der Waals surface area contributed by atoms with Crippen molar-refractivity contribution in [3.05, 3.63) is 78.4 Å². The number of aromatic nitrogens is 3. The molecule has 0 radical (unpaired) electrons. The van der Waals surface area contributed by atoms with Crippen LogP contribution in [0.25, 0.3) is 22.2 Å². The average Bonchev–Trinajstić information content (AvgIpc) is 3.30. The molecular weight excluding hydrogens is 338 g/mol. The molecule has 0 unspecified atom stereocenters. The van der Waals surface area contributed by atoms with Gasteiger partial charge in [-0.2, -0.15) is 11.8 Å². The third-order valence-electron chi connectivity index (χ3n) is 4.90. The van der Waals surface area contributed by atoms with Crippen molar-refractivity contribution in [3.63, 3.8) is 0 Å². The van der Waals surface area contributed by atoms with Gasteiger partial charge in [-0.3, -0.25) is 0 Å². The summed E-state index contributed by atoms with van der Waals surface area (Å²) in [4.78, 5) is 8.09. The molecule has 4 heteroatoms. The van der Waals surface area contributed by atoms with E-state index in [2.05, 4.69) is 77.3 Å². The van der Waals surface area contributed by atoms with Crippen LogP contribution in [0.3, 0.4) is 0 Å². The Labute approximate surface area is 158 Å². The van der Waals surface area contributed by atoms with Crippen LogP contribution in [0.4, 0.5) is 0 Å². The molecule has 1 atom stereocenters. The first-order chi connectivity index (χ1) is 12.8. The van der Waals surface area contributed by atoms with Gasteiger partial charge in [0.2, 0.25) is 0 Å². The molecule has 2 aromatic heterocycles. The van der Waals surface area contributed by atoms with E-state index < -0.39 is 0 Å². The molecule has 2 aromatic carbocycles. The van der Waals surface area contributed by atoms with Gasteiger partial charge in [0.15, 0.2) is 0 Å². The lowest BCUT2D eigenvalue weighted by atomic mass is 10.1. The van der Waals surface area contributed by atoms with Crippen LogP contribution in [0.2, 0.25) is 0 Å². The average molecular weight is 362 g/mol. The maximum absolute atomic E-state index is 4.78. The first-order valence-corrected chi connectivity index (χ1v) is 10.2. The first-order valence-electron chi connectivity index (χ1n) is 8.93. The highest BCUT2D eigenvalue weighted by atomic mass is 32.2. The Kier molecular flexibility index (Phi) is 4.85. The summed E-state index contributed by atoms with van der Waals surface area (Å²) in [5.74, 6) is 0. The maximum atomic E-state index is 4.78. The number of hydrogen-bond acceptors (Lipinski definition) is 2. The van der Waals surface area contributed by atoms with E-state index in [1.165, 1.54) is 27.7 Å². The quantitative estimate of drug-likeness (QED) is 0.501. The van der Waals surface area contributed by atoms with Crippen LogP contribution < -0.4 is 0 Å². The van der Waals surface area contributed by atoms with Gasteiger partial charge in [-0.25, -0.2) is 4.98 Å². The van der Waals surface area contributed by atoms with Crippen LogP contribution in [0, 0.1) is 0 Å². The first kappa shape index (κ1) is 17.0. The molecule has 0 saturated heterocycles. The Bertz CT molecular complexity index is 1000. The number of thioether (sulfide) groups is 1. The largest absolute Gasteiger partial charge is 0.361 e. The molecule has 1 N–H and O–H groups in total. The van der Waals surface area contributed by atoms with E-state index in [9.17, 15) is 0 Å². The molecule has 26 heavy (non-hydrogen) atoms. The topological polar surface area (TPSA) is 33.6 Å². The van der Waals surface area contributed by atoms with Crippen molar-refractivity contribution in [1.82, 2.24) is 14.5 Å². The summed E-state index contributed by atoms with van der Waals surface area (Å²) in [5.41, 5.74) is 6.11. The van der Waals surface area contributed by atoms with Crippen molar-refractivity contribution in [3.8, 4) is 11.3 Å². The number of benzene rings is 2. The van der Waals surface area contributed by atoms with Gasteiger partial charge in [-0.05, 0) is 24.0 Å². The molecule has 0 amide bonds. The minimum atomic E-state index is 0.552. The fourth-order valence-electron chi connectivity index (χ4n) is 3.42. The number of hydrogen-bond donors (Lipinski definition) is 1. The van der Waals surface area contributed by atoms with Crippen molar-refractivity contribution in [2.45, 2.75) is 25.1 Å². The molecule has 0 aliphatic rings. The molecule has 0 bridgehead atoms. The molecule has 0 aliphatic carbocycles. The number of rotatable bonds is 6. The second kappa shape index (κ2) is 7.42. The Balaban J connectivity index is 1.76. The molecule has 0 aliphatic heterocycles. The van der Waals surface area contributed by atoms with Crippen LogP contribution in [0.15, 0.2) is 67.1 Å². The zero-order chi connectivity index (χ0) is 17.9. The number of H-pyrrole nitrogens is 1. The second-order valence-corrected chi connectivity index (χ2v) is 7.92. The van der Waals surface area contributed by atoms with Crippen LogP contribution in [0.1, 0.15) is 18.2 Å².